The highest BCUT2D eigenvalue weighted by atomic mass is 16.6. The van der Waals surface area contributed by atoms with Crippen LogP contribution in [0, 0.1) is 0 Å². The lowest BCUT2D eigenvalue weighted by molar-refractivity contribution is -0.128. The van der Waals surface area contributed by atoms with E-state index in [1.54, 1.807) is 6.92 Å². The van der Waals surface area contributed by atoms with Crippen molar-refractivity contribution in [1.82, 2.24) is 19.9 Å². The highest BCUT2D eigenvalue weighted by Crippen LogP contribution is 2.10. The van der Waals surface area contributed by atoms with Gasteiger partial charge in [0.1, 0.15) is 13.2 Å². The summed E-state index contributed by atoms with van der Waals surface area (Å²) in [5.41, 5.74) is 0.560. The monoisotopic (exact) mass is 282 g/mol. The van der Waals surface area contributed by atoms with Crippen molar-refractivity contribution in [1.29, 1.82) is 0 Å². The summed E-state index contributed by atoms with van der Waals surface area (Å²) in [6.45, 7) is 2.03. The van der Waals surface area contributed by atoms with Gasteiger partial charge in [-0.1, -0.05) is 12.1 Å². The van der Waals surface area contributed by atoms with Crippen LogP contribution >= 0.6 is 0 Å². The zero-order valence-corrected chi connectivity index (χ0v) is 11.2. The number of imide groups is 1. The topological polar surface area (TPSA) is 104 Å². The van der Waals surface area contributed by atoms with Gasteiger partial charge in [0.15, 0.2) is 5.69 Å². The van der Waals surface area contributed by atoms with Gasteiger partial charge in [0, 0.05) is 0 Å². The number of esters is 1. The van der Waals surface area contributed by atoms with Crippen molar-refractivity contribution < 1.29 is 23.9 Å². The van der Waals surface area contributed by atoms with Crippen molar-refractivity contribution in [3.05, 3.63) is 11.4 Å². The summed E-state index contributed by atoms with van der Waals surface area (Å²) >= 11 is 0. The largest absolute Gasteiger partial charge is 0.464 e. The molecule has 108 valence electrons. The number of hydrogen-bond donors (Lipinski definition) is 0. The van der Waals surface area contributed by atoms with E-state index in [4.69, 9.17) is 0 Å². The maximum Gasteiger partial charge on any atom is 0.416 e. The molecule has 0 saturated carbocycles. The van der Waals surface area contributed by atoms with Gasteiger partial charge in [0.25, 0.3) is 5.91 Å². The summed E-state index contributed by atoms with van der Waals surface area (Å²) in [5, 5.41) is 7.47. The Morgan fingerprint density at radius 2 is 2.20 bits per heavy atom. The van der Waals surface area contributed by atoms with Crippen LogP contribution in [0.5, 0.6) is 0 Å². The van der Waals surface area contributed by atoms with E-state index in [0.717, 1.165) is 4.90 Å². The Kier molecular flexibility index (Phi) is 3.97. The predicted octanol–water partition coefficient (Wildman–Crippen LogP) is -0.394. The van der Waals surface area contributed by atoms with E-state index in [2.05, 4.69) is 19.8 Å². The number of rotatable bonds is 4. The van der Waals surface area contributed by atoms with E-state index in [1.165, 1.54) is 11.8 Å². The third-order valence-corrected chi connectivity index (χ3v) is 2.90. The molecule has 0 aliphatic carbocycles. The summed E-state index contributed by atoms with van der Waals surface area (Å²) < 4.78 is 10.6. The molecule has 1 saturated heterocycles. The van der Waals surface area contributed by atoms with Crippen LogP contribution in [0.3, 0.4) is 0 Å². The fourth-order valence-electron chi connectivity index (χ4n) is 1.90. The average Bonchev–Trinajstić information content (AvgIpc) is 3.03. The van der Waals surface area contributed by atoms with Gasteiger partial charge in [-0.25, -0.2) is 19.2 Å². The van der Waals surface area contributed by atoms with Gasteiger partial charge in [-0.2, -0.15) is 0 Å². The van der Waals surface area contributed by atoms with Crippen LogP contribution in [0.4, 0.5) is 4.79 Å². The van der Waals surface area contributed by atoms with E-state index in [1.807, 2.05) is 0 Å². The fourth-order valence-corrected chi connectivity index (χ4v) is 1.90. The maximum absolute atomic E-state index is 12.0. The lowest BCUT2D eigenvalue weighted by Crippen LogP contribution is -2.35. The van der Waals surface area contributed by atoms with Crippen molar-refractivity contribution in [2.45, 2.75) is 19.9 Å². The Labute approximate surface area is 114 Å². The van der Waals surface area contributed by atoms with Crippen LogP contribution in [0.25, 0.3) is 0 Å². The van der Waals surface area contributed by atoms with Crippen molar-refractivity contribution >= 4 is 18.0 Å². The molecule has 1 aromatic rings. The lowest BCUT2D eigenvalue weighted by atomic mass is 10.2. The average molecular weight is 282 g/mol. The molecule has 1 fully saturated rings. The molecule has 0 N–H and O–H groups in total. The van der Waals surface area contributed by atoms with Crippen LogP contribution in [-0.4, -0.2) is 58.1 Å². The number of cyclic esters (lactones) is 1. The number of methoxy groups -OCH3 is 1. The van der Waals surface area contributed by atoms with Gasteiger partial charge in [-0.3, -0.25) is 4.79 Å². The second-order valence-corrected chi connectivity index (χ2v) is 4.05. The molecule has 1 aromatic heterocycles. The third kappa shape index (κ3) is 2.46. The molecule has 0 spiro atoms. The van der Waals surface area contributed by atoms with Crippen molar-refractivity contribution in [2.24, 2.45) is 0 Å². The molecule has 0 radical (unpaired) electrons. The minimum Gasteiger partial charge on any atom is -0.464 e. The number of carbonyl (C=O) groups excluding carboxylic acids is 3. The Bertz CT molecular complexity index is 553. The Morgan fingerprint density at radius 1 is 1.45 bits per heavy atom. The second kappa shape index (κ2) is 5.68. The van der Waals surface area contributed by atoms with E-state index in [9.17, 15) is 14.4 Å². The van der Waals surface area contributed by atoms with Crippen LogP contribution in [0.1, 0.15) is 23.1 Å². The normalized spacial score (nSPS) is 14.3. The molecule has 0 aromatic carbocycles. The molecular weight excluding hydrogens is 268 g/mol. The summed E-state index contributed by atoms with van der Waals surface area (Å²) in [5.74, 6) is -1.07. The maximum atomic E-state index is 12.0. The minimum absolute atomic E-state index is 0.0757. The summed E-state index contributed by atoms with van der Waals surface area (Å²) in [4.78, 5) is 35.7. The second-order valence-electron chi connectivity index (χ2n) is 4.05. The molecule has 1 aliphatic heterocycles. The number of nitrogens with zero attached hydrogens (tertiary/aromatic N) is 4. The standard InChI is InChI=1S/C11H14N4O5/c1-3-7-9(10(17)19-2)12-13-15(7)6-8(16)14-4-5-20-11(14)18/h3-6H2,1-2H3. The Balaban J connectivity index is 2.17. The first-order chi connectivity index (χ1) is 9.58. The third-order valence-electron chi connectivity index (χ3n) is 2.90. The van der Waals surface area contributed by atoms with Crippen LogP contribution in [0.2, 0.25) is 0 Å². The molecule has 20 heavy (non-hydrogen) atoms. The number of amides is 2. The zero-order chi connectivity index (χ0) is 14.7. The molecule has 2 rings (SSSR count). The van der Waals surface area contributed by atoms with Crippen LogP contribution in [-0.2, 0) is 27.2 Å². The molecule has 0 atom stereocenters. The number of aromatic nitrogens is 3. The molecule has 0 bridgehead atoms. The summed E-state index contributed by atoms with van der Waals surface area (Å²) in [7, 11) is 1.24. The highest BCUT2D eigenvalue weighted by molar-refractivity contribution is 5.93. The lowest BCUT2D eigenvalue weighted by Gasteiger charge is -2.11. The van der Waals surface area contributed by atoms with E-state index in [-0.39, 0.29) is 25.4 Å². The summed E-state index contributed by atoms with van der Waals surface area (Å²) in [6.07, 6.45) is -0.212. The van der Waals surface area contributed by atoms with E-state index >= 15 is 0 Å². The first kappa shape index (κ1) is 14.0. The first-order valence-corrected chi connectivity index (χ1v) is 6.06. The molecule has 9 nitrogen and oxygen atoms in total. The quantitative estimate of drug-likeness (QED) is 0.692. The minimum atomic E-state index is -0.665. The van der Waals surface area contributed by atoms with Crippen molar-refractivity contribution in [3.63, 3.8) is 0 Å². The van der Waals surface area contributed by atoms with Gasteiger partial charge in [0.2, 0.25) is 0 Å². The molecule has 9 heteroatoms. The van der Waals surface area contributed by atoms with Crippen molar-refractivity contribution in [3.8, 4) is 0 Å². The Hall–Kier alpha value is -2.45. The van der Waals surface area contributed by atoms with E-state index in [0.29, 0.717) is 12.1 Å². The number of ether oxygens (including phenoxy) is 2. The summed E-state index contributed by atoms with van der Waals surface area (Å²) in [6, 6.07) is 0. The zero-order valence-electron chi connectivity index (χ0n) is 11.2. The van der Waals surface area contributed by atoms with Gasteiger partial charge in [0.05, 0.1) is 19.3 Å². The van der Waals surface area contributed by atoms with Gasteiger partial charge < -0.3 is 9.47 Å². The van der Waals surface area contributed by atoms with E-state index < -0.39 is 18.0 Å². The van der Waals surface area contributed by atoms with Gasteiger partial charge in [-0.05, 0) is 6.42 Å². The molecule has 2 amide bonds. The predicted molar refractivity (Wildman–Crippen MR) is 63.8 cm³/mol. The number of hydrogen-bond acceptors (Lipinski definition) is 7. The number of carbonyl (C=O) groups is 3. The highest BCUT2D eigenvalue weighted by Gasteiger charge is 2.29. The van der Waals surface area contributed by atoms with Gasteiger partial charge >= 0.3 is 12.1 Å². The molecule has 1 aliphatic rings. The fraction of sp³-hybridized carbons (Fsp3) is 0.545. The van der Waals surface area contributed by atoms with Gasteiger partial charge in [-0.15, -0.1) is 5.10 Å². The van der Waals surface area contributed by atoms with Crippen LogP contribution in [0.15, 0.2) is 0 Å². The van der Waals surface area contributed by atoms with Crippen LogP contribution < -0.4 is 0 Å². The Morgan fingerprint density at radius 3 is 2.75 bits per heavy atom. The molecular formula is C11H14N4O5. The van der Waals surface area contributed by atoms with Crippen molar-refractivity contribution in [2.75, 3.05) is 20.3 Å². The SMILES string of the molecule is CCc1c(C(=O)OC)nnn1CC(=O)N1CCOC1=O. The smallest absolute Gasteiger partial charge is 0.416 e. The molecule has 2 heterocycles. The first-order valence-electron chi connectivity index (χ1n) is 6.06. The molecule has 0 unspecified atom stereocenters.